The van der Waals surface area contributed by atoms with Crippen LogP contribution in [0.1, 0.15) is 30.2 Å². The van der Waals surface area contributed by atoms with Gasteiger partial charge in [-0.25, -0.2) is 4.79 Å². The van der Waals surface area contributed by atoms with Gasteiger partial charge in [0, 0.05) is 45.2 Å². The number of nitrogens with one attached hydrogen (secondary N) is 1. The first-order valence-electron chi connectivity index (χ1n) is 12.4. The Morgan fingerprint density at radius 1 is 0.947 bits per heavy atom. The molecule has 0 aliphatic heterocycles. The minimum absolute atomic E-state index is 0.134. The van der Waals surface area contributed by atoms with Crippen molar-refractivity contribution in [1.82, 2.24) is 14.4 Å². The summed E-state index contributed by atoms with van der Waals surface area (Å²) < 4.78 is 47.7. The van der Waals surface area contributed by atoms with Gasteiger partial charge in [-0.15, -0.1) is 0 Å². The zero-order valence-corrected chi connectivity index (χ0v) is 21.6. The summed E-state index contributed by atoms with van der Waals surface area (Å²) in [5.41, 5.74) is 0.503. The van der Waals surface area contributed by atoms with Crippen molar-refractivity contribution in [2.24, 2.45) is 7.05 Å². The molecule has 3 rings (SSSR count). The lowest BCUT2D eigenvalue weighted by atomic mass is 10.1. The van der Waals surface area contributed by atoms with E-state index >= 15 is 0 Å². The number of benzene rings is 2. The number of nitrogens with zero attached hydrogens (tertiary/aromatic N) is 3. The van der Waals surface area contributed by atoms with Gasteiger partial charge < -0.3 is 24.4 Å². The summed E-state index contributed by atoms with van der Waals surface area (Å²) >= 11 is 0. The summed E-state index contributed by atoms with van der Waals surface area (Å²) in [6.45, 7) is 3.14. The van der Waals surface area contributed by atoms with Gasteiger partial charge in [-0.1, -0.05) is 42.5 Å². The number of hydrogen-bond acceptors (Lipinski definition) is 3. The average Bonchev–Trinajstić information content (AvgIpc) is 3.29. The Labute approximate surface area is 220 Å². The molecule has 0 saturated carbocycles. The third-order valence-corrected chi connectivity index (χ3v) is 5.98. The number of carbonyl (C=O) groups is 2. The minimum atomic E-state index is -4.64. The van der Waals surface area contributed by atoms with Crippen molar-refractivity contribution in [3.63, 3.8) is 0 Å². The van der Waals surface area contributed by atoms with Crippen molar-refractivity contribution in [3.05, 3.63) is 89.7 Å². The van der Waals surface area contributed by atoms with Gasteiger partial charge in [0.15, 0.2) is 0 Å². The molecule has 0 fully saturated rings. The van der Waals surface area contributed by atoms with Gasteiger partial charge in [0.05, 0.1) is 17.8 Å². The van der Waals surface area contributed by atoms with Crippen molar-refractivity contribution >= 4 is 17.6 Å². The second-order valence-electron chi connectivity index (χ2n) is 8.79. The molecule has 0 saturated heterocycles. The fraction of sp³-hybridized carbons (Fsp3) is 0.357. The highest BCUT2D eigenvalue weighted by Gasteiger charge is 2.34. The Morgan fingerprint density at radius 3 is 2.32 bits per heavy atom. The summed E-state index contributed by atoms with van der Waals surface area (Å²) in [4.78, 5) is 29.6. The van der Waals surface area contributed by atoms with Gasteiger partial charge in [-0.05, 0) is 43.2 Å². The molecule has 1 heterocycles. The summed E-state index contributed by atoms with van der Waals surface area (Å²) in [5, 5.41) is 2.36. The molecule has 0 atom stereocenters. The smallest absolute Gasteiger partial charge is 0.382 e. The van der Waals surface area contributed by atoms with E-state index in [1.807, 2.05) is 67.2 Å². The molecule has 3 amide bonds. The minimum Gasteiger partial charge on any atom is -0.382 e. The van der Waals surface area contributed by atoms with Crippen LogP contribution in [0, 0.1) is 0 Å². The molecule has 10 heteroatoms. The van der Waals surface area contributed by atoms with Gasteiger partial charge in [0.2, 0.25) is 5.91 Å². The molecule has 0 aliphatic carbocycles. The monoisotopic (exact) mass is 530 g/mol. The molecule has 1 N–H and O–H groups in total. The van der Waals surface area contributed by atoms with Gasteiger partial charge in [-0.3, -0.25) is 4.79 Å². The largest absolute Gasteiger partial charge is 0.418 e. The number of halogens is 3. The van der Waals surface area contributed by atoms with E-state index in [1.54, 1.807) is 4.90 Å². The highest BCUT2D eigenvalue weighted by molar-refractivity contribution is 5.93. The molecule has 0 radical (unpaired) electrons. The van der Waals surface area contributed by atoms with Crippen LogP contribution < -0.4 is 5.32 Å². The maximum absolute atomic E-state index is 13.6. The first-order chi connectivity index (χ1) is 18.2. The average molecular weight is 531 g/mol. The van der Waals surface area contributed by atoms with Crippen molar-refractivity contribution in [1.29, 1.82) is 0 Å². The standard InChI is InChI=1S/C28H33F3N4O3/c1-3-38-18-10-17-34(27(37)32-25-15-8-7-14-24(25)28(29,30)31)21-26(36)35(19-22-11-5-4-6-12-22)20-23-13-9-16-33(23)2/h4-9,11-16H,3,10,17-21H2,1-2H3,(H,32,37). The number of aryl methyl sites for hydroxylation is 1. The summed E-state index contributed by atoms with van der Waals surface area (Å²) in [5.74, 6) is -0.328. The third kappa shape index (κ3) is 8.37. The number of rotatable bonds is 12. The Hall–Kier alpha value is -3.79. The lowest BCUT2D eigenvalue weighted by Gasteiger charge is -2.28. The molecule has 0 bridgehead atoms. The number of ether oxygens (including phenoxy) is 1. The summed E-state index contributed by atoms with van der Waals surface area (Å²) in [6, 6.07) is 17.2. The van der Waals surface area contributed by atoms with Crippen molar-refractivity contribution in [3.8, 4) is 0 Å². The number of hydrogen-bond donors (Lipinski definition) is 1. The number of anilines is 1. The number of aromatic nitrogens is 1. The number of para-hydroxylation sites is 1. The van der Waals surface area contributed by atoms with E-state index < -0.39 is 17.8 Å². The first-order valence-corrected chi connectivity index (χ1v) is 12.4. The van der Waals surface area contributed by atoms with Gasteiger partial charge in [0.1, 0.15) is 6.54 Å². The third-order valence-electron chi connectivity index (χ3n) is 5.98. The zero-order chi connectivity index (χ0) is 27.5. The molecule has 0 spiro atoms. The molecule has 0 aliphatic rings. The van der Waals surface area contributed by atoms with Gasteiger partial charge in [-0.2, -0.15) is 13.2 Å². The fourth-order valence-electron chi connectivity index (χ4n) is 3.94. The Bertz CT molecular complexity index is 1180. The van der Waals surface area contributed by atoms with E-state index in [1.165, 1.54) is 23.1 Å². The number of carbonyl (C=O) groups excluding carboxylic acids is 2. The molecular formula is C28H33F3N4O3. The molecular weight excluding hydrogens is 497 g/mol. The van der Waals surface area contributed by atoms with Crippen molar-refractivity contribution in [2.75, 3.05) is 31.6 Å². The van der Waals surface area contributed by atoms with Crippen LogP contribution in [-0.2, 0) is 35.8 Å². The lowest BCUT2D eigenvalue weighted by Crippen LogP contribution is -2.45. The second kappa shape index (κ2) is 13.7. The number of alkyl halides is 3. The number of amides is 3. The Morgan fingerprint density at radius 2 is 1.66 bits per heavy atom. The molecule has 38 heavy (non-hydrogen) atoms. The highest BCUT2D eigenvalue weighted by Crippen LogP contribution is 2.34. The molecule has 2 aromatic carbocycles. The molecule has 1 aromatic heterocycles. The van der Waals surface area contributed by atoms with E-state index in [0.717, 1.165) is 17.3 Å². The SMILES string of the molecule is CCOCCCN(CC(=O)N(Cc1ccccc1)Cc1cccn1C)C(=O)Nc1ccccc1C(F)(F)F. The van der Waals surface area contributed by atoms with E-state index in [9.17, 15) is 22.8 Å². The number of urea groups is 1. The van der Waals surface area contributed by atoms with Crippen LogP contribution in [0.25, 0.3) is 0 Å². The van der Waals surface area contributed by atoms with Crippen LogP contribution >= 0.6 is 0 Å². The first kappa shape index (κ1) is 28.8. The summed E-state index contributed by atoms with van der Waals surface area (Å²) in [6.07, 6.45) is -2.33. The van der Waals surface area contributed by atoms with Crippen LogP contribution in [0.2, 0.25) is 0 Å². The van der Waals surface area contributed by atoms with Crippen LogP contribution in [-0.4, -0.2) is 52.6 Å². The fourth-order valence-corrected chi connectivity index (χ4v) is 3.94. The maximum Gasteiger partial charge on any atom is 0.418 e. The predicted octanol–water partition coefficient (Wildman–Crippen LogP) is 5.53. The molecule has 204 valence electrons. The molecule has 7 nitrogen and oxygen atoms in total. The van der Waals surface area contributed by atoms with E-state index in [0.29, 0.717) is 32.7 Å². The summed E-state index contributed by atoms with van der Waals surface area (Å²) in [7, 11) is 1.88. The highest BCUT2D eigenvalue weighted by atomic mass is 19.4. The van der Waals surface area contributed by atoms with E-state index in [4.69, 9.17) is 4.74 Å². The lowest BCUT2D eigenvalue weighted by molar-refractivity contribution is -0.137. The van der Waals surface area contributed by atoms with E-state index in [2.05, 4.69) is 5.32 Å². The maximum atomic E-state index is 13.6. The van der Waals surface area contributed by atoms with E-state index in [-0.39, 0.29) is 24.7 Å². The zero-order valence-electron chi connectivity index (χ0n) is 21.6. The Kier molecular flexibility index (Phi) is 10.3. The van der Waals surface area contributed by atoms with Gasteiger partial charge in [0.25, 0.3) is 0 Å². The second-order valence-corrected chi connectivity index (χ2v) is 8.79. The van der Waals surface area contributed by atoms with Crippen molar-refractivity contribution in [2.45, 2.75) is 32.6 Å². The van der Waals surface area contributed by atoms with Crippen molar-refractivity contribution < 1.29 is 27.5 Å². The molecule has 3 aromatic rings. The quantitative estimate of drug-likeness (QED) is 0.313. The van der Waals surface area contributed by atoms with Crippen LogP contribution in [0.15, 0.2) is 72.9 Å². The van der Waals surface area contributed by atoms with Crippen LogP contribution in [0.5, 0.6) is 0 Å². The normalized spacial score (nSPS) is 11.3. The Balaban J connectivity index is 1.81. The molecule has 0 unspecified atom stereocenters. The predicted molar refractivity (Wildman–Crippen MR) is 139 cm³/mol. The topological polar surface area (TPSA) is 66.8 Å². The van der Waals surface area contributed by atoms with Gasteiger partial charge >= 0.3 is 12.2 Å². The van der Waals surface area contributed by atoms with Crippen LogP contribution in [0.3, 0.4) is 0 Å². The van der Waals surface area contributed by atoms with Crippen LogP contribution in [0.4, 0.5) is 23.7 Å².